The first kappa shape index (κ1) is 34.0. The van der Waals surface area contributed by atoms with Gasteiger partial charge in [0.2, 0.25) is 0 Å². The lowest BCUT2D eigenvalue weighted by Crippen LogP contribution is -2.04. The van der Waals surface area contributed by atoms with Gasteiger partial charge < -0.3 is 5.73 Å². The van der Waals surface area contributed by atoms with Gasteiger partial charge in [-0.15, -0.1) is 0 Å². The summed E-state index contributed by atoms with van der Waals surface area (Å²) in [5.74, 6) is 0. The summed E-state index contributed by atoms with van der Waals surface area (Å²) in [7, 11) is 0. The summed E-state index contributed by atoms with van der Waals surface area (Å²) < 4.78 is 0. The summed E-state index contributed by atoms with van der Waals surface area (Å²) in [6.45, 7) is 6.92. The molecule has 0 heterocycles. The molecule has 0 aromatic heterocycles. The van der Waals surface area contributed by atoms with Crippen LogP contribution >= 0.6 is 0 Å². The summed E-state index contributed by atoms with van der Waals surface area (Å²) in [4.78, 5) is 0. The molecule has 0 atom stereocenters. The van der Waals surface area contributed by atoms with E-state index in [0.717, 1.165) is 5.69 Å². The largest absolute Gasteiger partial charge is 0.399 e. The number of hydrogen-bond acceptors (Lipinski definition) is 1. The second kappa shape index (κ2) is 25.3. The Kier molecular flexibility index (Phi) is 23.3. The maximum absolute atomic E-state index is 6.46. The SMILES string of the molecule is CCCCCCCCCCc1cc(N)cc(CCCCCCCCCC)c1CCCCCCCCCC. The molecule has 1 heteroatoms. The Labute approximate surface area is 234 Å². The second-order valence-corrected chi connectivity index (χ2v) is 12.0. The molecule has 0 spiro atoms. The molecule has 2 N–H and O–H groups in total. The highest BCUT2D eigenvalue weighted by atomic mass is 14.5. The normalized spacial score (nSPS) is 11.4. The molecule has 0 radical (unpaired) electrons. The zero-order valence-electron chi connectivity index (χ0n) is 25.8. The van der Waals surface area contributed by atoms with E-state index < -0.39 is 0 Å². The number of aryl methyl sites for hydroxylation is 2. The van der Waals surface area contributed by atoms with Crippen molar-refractivity contribution >= 4 is 5.69 Å². The van der Waals surface area contributed by atoms with Crippen molar-refractivity contribution in [2.24, 2.45) is 0 Å². The summed E-state index contributed by atoms with van der Waals surface area (Å²) in [5, 5.41) is 0. The van der Waals surface area contributed by atoms with E-state index in [2.05, 4.69) is 32.9 Å². The van der Waals surface area contributed by atoms with E-state index >= 15 is 0 Å². The Hall–Kier alpha value is -0.980. The van der Waals surface area contributed by atoms with E-state index in [1.807, 2.05) is 0 Å². The van der Waals surface area contributed by atoms with Crippen molar-refractivity contribution in [3.05, 3.63) is 28.8 Å². The van der Waals surface area contributed by atoms with E-state index in [1.54, 1.807) is 16.7 Å². The van der Waals surface area contributed by atoms with Crippen LogP contribution in [0.2, 0.25) is 0 Å². The fourth-order valence-electron chi connectivity index (χ4n) is 5.93. The lowest BCUT2D eigenvalue weighted by molar-refractivity contribution is 0.567. The average molecular weight is 514 g/mol. The molecule has 37 heavy (non-hydrogen) atoms. The summed E-state index contributed by atoms with van der Waals surface area (Å²) in [6.07, 6.45) is 37.3. The molecule has 0 fully saturated rings. The van der Waals surface area contributed by atoms with Crippen LogP contribution in [-0.2, 0) is 19.3 Å². The molecule has 216 valence electrons. The van der Waals surface area contributed by atoms with Crippen molar-refractivity contribution in [1.82, 2.24) is 0 Å². The van der Waals surface area contributed by atoms with E-state index in [0.29, 0.717) is 0 Å². The Morgan fingerprint density at radius 3 is 0.973 bits per heavy atom. The number of benzene rings is 1. The summed E-state index contributed by atoms with van der Waals surface area (Å²) in [6, 6.07) is 4.66. The molecular weight excluding hydrogens is 446 g/mol. The number of nitrogen functional groups attached to an aromatic ring is 1. The number of nitrogens with two attached hydrogens (primary N) is 1. The van der Waals surface area contributed by atoms with Gasteiger partial charge in [0.15, 0.2) is 0 Å². The van der Waals surface area contributed by atoms with Crippen molar-refractivity contribution in [2.45, 2.75) is 194 Å². The van der Waals surface area contributed by atoms with Gasteiger partial charge in [-0.25, -0.2) is 0 Å². The van der Waals surface area contributed by atoms with Crippen LogP contribution in [0.1, 0.15) is 192 Å². The molecule has 1 rings (SSSR count). The van der Waals surface area contributed by atoms with Crippen LogP contribution in [0.3, 0.4) is 0 Å². The zero-order chi connectivity index (χ0) is 26.8. The van der Waals surface area contributed by atoms with Crippen molar-refractivity contribution in [3.8, 4) is 0 Å². The molecule has 0 amide bonds. The minimum absolute atomic E-state index is 1.00. The molecule has 0 aliphatic rings. The minimum atomic E-state index is 1.00. The molecular formula is C36H67N. The van der Waals surface area contributed by atoms with Gasteiger partial charge in [0, 0.05) is 5.69 Å². The molecule has 0 saturated carbocycles. The van der Waals surface area contributed by atoms with Gasteiger partial charge >= 0.3 is 0 Å². The van der Waals surface area contributed by atoms with Gasteiger partial charge in [-0.1, -0.05) is 156 Å². The molecule has 0 bridgehead atoms. The predicted octanol–water partition coefficient (Wildman–Crippen LogP) is 12.3. The second-order valence-electron chi connectivity index (χ2n) is 12.0. The van der Waals surface area contributed by atoms with E-state index in [-0.39, 0.29) is 0 Å². The molecule has 1 aromatic rings. The Balaban J connectivity index is 2.57. The minimum Gasteiger partial charge on any atom is -0.399 e. The topological polar surface area (TPSA) is 26.0 Å². The quantitative estimate of drug-likeness (QED) is 0.0918. The first-order valence-electron chi connectivity index (χ1n) is 17.1. The fraction of sp³-hybridized carbons (Fsp3) is 0.833. The number of hydrogen-bond donors (Lipinski definition) is 1. The molecule has 0 saturated heterocycles. The first-order chi connectivity index (χ1) is 18.2. The van der Waals surface area contributed by atoms with Crippen LogP contribution in [0.5, 0.6) is 0 Å². The Bertz CT molecular complexity index is 578. The summed E-state index contributed by atoms with van der Waals surface area (Å²) >= 11 is 0. The third kappa shape index (κ3) is 18.8. The highest BCUT2D eigenvalue weighted by molar-refractivity contribution is 5.50. The highest BCUT2D eigenvalue weighted by Gasteiger charge is 2.11. The lowest BCUT2D eigenvalue weighted by Gasteiger charge is -2.17. The fourth-order valence-corrected chi connectivity index (χ4v) is 5.93. The van der Waals surface area contributed by atoms with Gasteiger partial charge in [-0.05, 0) is 67.3 Å². The predicted molar refractivity (Wildman–Crippen MR) is 170 cm³/mol. The molecule has 0 aliphatic heterocycles. The first-order valence-corrected chi connectivity index (χ1v) is 17.1. The van der Waals surface area contributed by atoms with Crippen LogP contribution in [0.25, 0.3) is 0 Å². The van der Waals surface area contributed by atoms with Crippen LogP contribution in [-0.4, -0.2) is 0 Å². The average Bonchev–Trinajstić information content (AvgIpc) is 2.89. The van der Waals surface area contributed by atoms with Gasteiger partial charge in [0.05, 0.1) is 0 Å². The van der Waals surface area contributed by atoms with Gasteiger partial charge in [-0.3, -0.25) is 0 Å². The maximum Gasteiger partial charge on any atom is 0.0319 e. The van der Waals surface area contributed by atoms with Crippen molar-refractivity contribution < 1.29 is 0 Å². The summed E-state index contributed by atoms with van der Waals surface area (Å²) in [5.41, 5.74) is 12.3. The number of unbranched alkanes of at least 4 members (excludes halogenated alkanes) is 21. The number of rotatable bonds is 27. The van der Waals surface area contributed by atoms with Gasteiger partial charge in [0.1, 0.15) is 0 Å². The van der Waals surface area contributed by atoms with Crippen molar-refractivity contribution in [3.63, 3.8) is 0 Å². The maximum atomic E-state index is 6.46. The van der Waals surface area contributed by atoms with Crippen LogP contribution in [0, 0.1) is 0 Å². The van der Waals surface area contributed by atoms with Crippen LogP contribution in [0.15, 0.2) is 12.1 Å². The standard InChI is InChI=1S/C36H67N/c1-4-7-10-13-16-19-22-25-28-33-31-35(37)32-34(29-26-23-20-17-14-11-8-5-2)36(33)30-27-24-21-18-15-12-9-6-3/h31-32H,4-30,37H2,1-3H3. The zero-order valence-corrected chi connectivity index (χ0v) is 25.8. The van der Waals surface area contributed by atoms with E-state index in [4.69, 9.17) is 5.73 Å². The van der Waals surface area contributed by atoms with Crippen LogP contribution in [0.4, 0.5) is 5.69 Å². The van der Waals surface area contributed by atoms with E-state index in [9.17, 15) is 0 Å². The van der Waals surface area contributed by atoms with Gasteiger partial charge in [-0.2, -0.15) is 0 Å². The Morgan fingerprint density at radius 1 is 0.378 bits per heavy atom. The third-order valence-electron chi connectivity index (χ3n) is 8.34. The highest BCUT2D eigenvalue weighted by Crippen LogP contribution is 2.26. The molecule has 1 aromatic carbocycles. The lowest BCUT2D eigenvalue weighted by atomic mass is 9.89. The van der Waals surface area contributed by atoms with Crippen LogP contribution < -0.4 is 5.73 Å². The van der Waals surface area contributed by atoms with Crippen molar-refractivity contribution in [1.29, 1.82) is 0 Å². The molecule has 0 aliphatic carbocycles. The smallest absolute Gasteiger partial charge is 0.0319 e. The van der Waals surface area contributed by atoms with Crippen molar-refractivity contribution in [2.75, 3.05) is 5.73 Å². The molecule has 0 unspecified atom stereocenters. The third-order valence-corrected chi connectivity index (χ3v) is 8.34. The molecule has 1 nitrogen and oxygen atoms in total. The van der Waals surface area contributed by atoms with E-state index in [1.165, 1.54) is 173 Å². The Morgan fingerprint density at radius 2 is 0.649 bits per heavy atom. The monoisotopic (exact) mass is 514 g/mol. The van der Waals surface area contributed by atoms with Gasteiger partial charge in [0.25, 0.3) is 0 Å². The number of anilines is 1.